The van der Waals surface area contributed by atoms with Crippen molar-refractivity contribution in [2.45, 2.75) is 17.1 Å². The van der Waals surface area contributed by atoms with Gasteiger partial charge in [0, 0.05) is 17.8 Å². The molecule has 0 amide bonds. The standard InChI is InChI=1S/C9H10N6OS/c1-5-2-7(16)14-9(13-5)17-8-3-6(15-10)11-4-12-8/h2-4H,10H2,1H3,(H,11,12,15)(H,13,14,16). The molecule has 0 atom stereocenters. The van der Waals surface area contributed by atoms with Crippen molar-refractivity contribution >= 4 is 17.6 Å². The smallest absolute Gasteiger partial charge is 0.251 e. The molecule has 0 aromatic carbocycles. The molecule has 0 saturated carbocycles. The number of H-pyrrole nitrogens is 1. The molecule has 0 bridgehead atoms. The van der Waals surface area contributed by atoms with Gasteiger partial charge in [0.05, 0.1) is 0 Å². The highest BCUT2D eigenvalue weighted by atomic mass is 32.2. The van der Waals surface area contributed by atoms with Gasteiger partial charge in [-0.15, -0.1) is 0 Å². The lowest BCUT2D eigenvalue weighted by molar-refractivity contribution is 0.900. The predicted octanol–water partition coefficient (Wildman–Crippen LogP) is 0.305. The van der Waals surface area contributed by atoms with Crippen LogP contribution in [0.1, 0.15) is 5.69 Å². The molecule has 0 fully saturated rings. The molecule has 0 radical (unpaired) electrons. The first-order chi connectivity index (χ1) is 8.17. The maximum absolute atomic E-state index is 11.3. The van der Waals surface area contributed by atoms with E-state index >= 15 is 0 Å². The van der Waals surface area contributed by atoms with Crippen LogP contribution in [0.2, 0.25) is 0 Å². The Labute approximate surface area is 101 Å². The molecule has 0 unspecified atom stereocenters. The molecule has 2 aromatic rings. The van der Waals surface area contributed by atoms with Crippen molar-refractivity contribution in [2.24, 2.45) is 5.84 Å². The highest BCUT2D eigenvalue weighted by Crippen LogP contribution is 2.22. The van der Waals surface area contributed by atoms with Crippen LogP contribution in [-0.4, -0.2) is 19.9 Å². The van der Waals surface area contributed by atoms with Gasteiger partial charge >= 0.3 is 0 Å². The van der Waals surface area contributed by atoms with Gasteiger partial charge in [-0.3, -0.25) is 4.79 Å². The maximum Gasteiger partial charge on any atom is 0.251 e. The third kappa shape index (κ3) is 3.02. The van der Waals surface area contributed by atoms with Crippen molar-refractivity contribution in [3.63, 3.8) is 0 Å². The summed E-state index contributed by atoms with van der Waals surface area (Å²) < 4.78 is 0. The predicted molar refractivity (Wildman–Crippen MR) is 63.6 cm³/mol. The van der Waals surface area contributed by atoms with Gasteiger partial charge in [-0.25, -0.2) is 20.8 Å². The lowest BCUT2D eigenvalue weighted by atomic mass is 10.5. The molecule has 0 saturated heterocycles. The number of hydrogen-bond acceptors (Lipinski definition) is 7. The number of aromatic amines is 1. The van der Waals surface area contributed by atoms with Crippen molar-refractivity contribution in [1.82, 2.24) is 19.9 Å². The molecule has 2 aromatic heterocycles. The SMILES string of the molecule is Cc1cc(=O)[nH]c(Sc2cc(NN)ncn2)n1. The molecule has 0 aliphatic carbocycles. The van der Waals surface area contributed by atoms with Crippen molar-refractivity contribution in [3.8, 4) is 0 Å². The number of nitrogens with one attached hydrogen (secondary N) is 2. The zero-order valence-corrected chi connectivity index (χ0v) is 9.78. The van der Waals surface area contributed by atoms with E-state index in [0.717, 1.165) is 0 Å². The average molecular weight is 250 g/mol. The fraction of sp³-hybridized carbons (Fsp3) is 0.111. The Morgan fingerprint density at radius 2 is 2.24 bits per heavy atom. The Balaban J connectivity index is 2.27. The van der Waals surface area contributed by atoms with Crippen LogP contribution in [0.15, 0.2) is 33.4 Å². The summed E-state index contributed by atoms with van der Waals surface area (Å²) in [5.41, 5.74) is 2.89. The number of aromatic nitrogens is 4. The second kappa shape index (κ2) is 4.93. The van der Waals surface area contributed by atoms with Crippen LogP contribution in [0.5, 0.6) is 0 Å². The lowest BCUT2D eigenvalue weighted by Gasteiger charge is -2.02. The summed E-state index contributed by atoms with van der Waals surface area (Å²) in [6, 6.07) is 3.09. The maximum atomic E-state index is 11.3. The van der Waals surface area contributed by atoms with Crippen LogP contribution in [0, 0.1) is 6.92 Å². The van der Waals surface area contributed by atoms with Crippen LogP contribution >= 0.6 is 11.8 Å². The first-order valence-electron chi connectivity index (χ1n) is 4.72. The summed E-state index contributed by atoms with van der Waals surface area (Å²) in [5, 5.41) is 1.12. The Morgan fingerprint density at radius 1 is 1.41 bits per heavy atom. The zero-order chi connectivity index (χ0) is 12.3. The lowest BCUT2D eigenvalue weighted by Crippen LogP contribution is -2.09. The number of nitrogens with two attached hydrogens (primary N) is 1. The Morgan fingerprint density at radius 3 is 2.94 bits per heavy atom. The minimum atomic E-state index is -0.189. The van der Waals surface area contributed by atoms with Crippen molar-refractivity contribution < 1.29 is 0 Å². The zero-order valence-electron chi connectivity index (χ0n) is 8.97. The van der Waals surface area contributed by atoms with E-state index in [1.54, 1.807) is 13.0 Å². The summed E-state index contributed by atoms with van der Waals surface area (Å²) >= 11 is 1.23. The number of anilines is 1. The average Bonchev–Trinajstić information content (AvgIpc) is 2.28. The van der Waals surface area contributed by atoms with Crippen LogP contribution < -0.4 is 16.8 Å². The van der Waals surface area contributed by atoms with E-state index < -0.39 is 0 Å². The summed E-state index contributed by atoms with van der Waals surface area (Å²) in [7, 11) is 0. The minimum absolute atomic E-state index is 0.189. The van der Waals surface area contributed by atoms with E-state index in [1.807, 2.05) is 0 Å². The summed E-state index contributed by atoms with van der Waals surface area (Å²) in [4.78, 5) is 26.0. The van der Waals surface area contributed by atoms with Gasteiger partial charge in [0.1, 0.15) is 17.2 Å². The normalized spacial score (nSPS) is 10.2. The summed E-state index contributed by atoms with van der Waals surface area (Å²) in [6.07, 6.45) is 1.38. The number of nitrogens with zero attached hydrogens (tertiary/aromatic N) is 3. The van der Waals surface area contributed by atoms with Crippen molar-refractivity contribution in [2.75, 3.05) is 5.43 Å². The number of rotatable bonds is 3. The van der Waals surface area contributed by atoms with Gasteiger partial charge in [-0.05, 0) is 18.7 Å². The summed E-state index contributed by atoms with van der Waals surface area (Å²) in [5.74, 6) is 5.74. The molecule has 0 aliphatic rings. The first-order valence-corrected chi connectivity index (χ1v) is 5.53. The Bertz CT molecular complexity index is 584. The molecule has 4 N–H and O–H groups in total. The largest absolute Gasteiger partial charge is 0.308 e. The second-order valence-corrected chi connectivity index (χ2v) is 4.19. The molecule has 7 nitrogen and oxygen atoms in total. The topological polar surface area (TPSA) is 110 Å². The third-order valence-electron chi connectivity index (χ3n) is 1.84. The minimum Gasteiger partial charge on any atom is -0.308 e. The molecule has 2 rings (SSSR count). The molecule has 8 heteroatoms. The van der Waals surface area contributed by atoms with Gasteiger partial charge in [0.2, 0.25) is 0 Å². The number of aryl methyl sites for hydroxylation is 1. The number of hydrogen-bond donors (Lipinski definition) is 3. The number of nitrogen functional groups attached to an aromatic ring is 1. The van der Waals surface area contributed by atoms with E-state index in [2.05, 4.69) is 25.4 Å². The van der Waals surface area contributed by atoms with E-state index in [0.29, 0.717) is 21.7 Å². The van der Waals surface area contributed by atoms with Crippen LogP contribution in [0.3, 0.4) is 0 Å². The highest BCUT2D eigenvalue weighted by molar-refractivity contribution is 7.99. The molecule has 17 heavy (non-hydrogen) atoms. The summed E-state index contributed by atoms with van der Waals surface area (Å²) in [6.45, 7) is 1.76. The first kappa shape index (κ1) is 11.6. The van der Waals surface area contributed by atoms with E-state index in [-0.39, 0.29) is 5.56 Å². The quantitative estimate of drug-likeness (QED) is 0.311. The molecule has 2 heterocycles. The van der Waals surface area contributed by atoms with Crippen LogP contribution in [0.4, 0.5) is 5.82 Å². The Kier molecular flexibility index (Phi) is 3.35. The molecule has 0 spiro atoms. The molecule has 88 valence electrons. The Hall–Kier alpha value is -1.93. The van der Waals surface area contributed by atoms with Crippen molar-refractivity contribution in [3.05, 3.63) is 34.5 Å². The van der Waals surface area contributed by atoms with Gasteiger partial charge in [0.15, 0.2) is 5.16 Å². The van der Waals surface area contributed by atoms with Gasteiger partial charge in [0.25, 0.3) is 5.56 Å². The number of hydrazine groups is 1. The van der Waals surface area contributed by atoms with Gasteiger partial charge < -0.3 is 10.4 Å². The molecular formula is C9H10N6OS. The molecular weight excluding hydrogens is 240 g/mol. The third-order valence-corrected chi connectivity index (χ3v) is 2.66. The van der Waals surface area contributed by atoms with E-state index in [1.165, 1.54) is 24.2 Å². The fourth-order valence-corrected chi connectivity index (χ4v) is 1.98. The fourth-order valence-electron chi connectivity index (χ4n) is 1.17. The van der Waals surface area contributed by atoms with Crippen LogP contribution in [0.25, 0.3) is 0 Å². The molecule has 0 aliphatic heterocycles. The van der Waals surface area contributed by atoms with Crippen molar-refractivity contribution in [1.29, 1.82) is 0 Å². The van der Waals surface area contributed by atoms with E-state index in [9.17, 15) is 4.79 Å². The van der Waals surface area contributed by atoms with E-state index in [4.69, 9.17) is 5.84 Å². The monoisotopic (exact) mass is 250 g/mol. The van der Waals surface area contributed by atoms with Crippen LogP contribution in [-0.2, 0) is 0 Å². The van der Waals surface area contributed by atoms with Gasteiger partial charge in [-0.2, -0.15) is 0 Å². The second-order valence-electron chi connectivity index (χ2n) is 3.18. The highest BCUT2D eigenvalue weighted by Gasteiger charge is 2.03. The van der Waals surface area contributed by atoms with Gasteiger partial charge in [-0.1, -0.05) is 0 Å².